The molecule has 7 nitrogen and oxygen atoms in total. The predicted octanol–water partition coefficient (Wildman–Crippen LogP) is 1.35. The van der Waals surface area contributed by atoms with E-state index < -0.39 is 0 Å². The number of anilines is 1. The molecule has 7 heteroatoms. The third-order valence-electron chi connectivity index (χ3n) is 4.49. The SMILES string of the molecule is CCC1CN(C(C)C(=O)Nc2cc(C)no2)CCN1CCOC. The smallest absolute Gasteiger partial charge is 0.243 e. The molecule has 1 aromatic heterocycles. The first kappa shape index (κ1) is 17.9. The first-order valence-electron chi connectivity index (χ1n) is 8.26. The molecule has 0 spiro atoms. The van der Waals surface area contributed by atoms with E-state index in [1.54, 1.807) is 13.2 Å². The number of carbonyl (C=O) groups is 1. The average molecular weight is 324 g/mol. The Bertz CT molecular complexity index is 505. The molecule has 2 unspecified atom stereocenters. The maximum Gasteiger partial charge on any atom is 0.243 e. The summed E-state index contributed by atoms with van der Waals surface area (Å²) in [5, 5.41) is 6.58. The van der Waals surface area contributed by atoms with E-state index in [1.807, 2.05) is 13.8 Å². The fourth-order valence-corrected chi connectivity index (χ4v) is 2.97. The van der Waals surface area contributed by atoms with Gasteiger partial charge in [-0.1, -0.05) is 12.1 Å². The second-order valence-electron chi connectivity index (χ2n) is 6.08. The number of aromatic nitrogens is 1. The lowest BCUT2D eigenvalue weighted by Crippen LogP contribution is -2.57. The largest absolute Gasteiger partial charge is 0.383 e. The van der Waals surface area contributed by atoms with Gasteiger partial charge in [0.2, 0.25) is 11.8 Å². The van der Waals surface area contributed by atoms with Gasteiger partial charge in [0.1, 0.15) is 0 Å². The Morgan fingerprint density at radius 3 is 2.96 bits per heavy atom. The van der Waals surface area contributed by atoms with Crippen LogP contribution in [0.1, 0.15) is 26.0 Å². The molecular weight excluding hydrogens is 296 g/mol. The number of amides is 1. The molecular formula is C16H28N4O3. The average Bonchev–Trinajstić information content (AvgIpc) is 2.96. The molecule has 0 aromatic carbocycles. The normalized spacial score (nSPS) is 21.3. The topological polar surface area (TPSA) is 70.8 Å². The Kier molecular flexibility index (Phi) is 6.56. The molecule has 1 fully saturated rings. The molecule has 0 saturated carbocycles. The number of carbonyl (C=O) groups excluding carboxylic acids is 1. The van der Waals surface area contributed by atoms with Gasteiger partial charge in [-0.2, -0.15) is 0 Å². The second-order valence-corrected chi connectivity index (χ2v) is 6.08. The molecule has 2 heterocycles. The predicted molar refractivity (Wildman–Crippen MR) is 88.4 cm³/mol. The highest BCUT2D eigenvalue weighted by atomic mass is 16.5. The Morgan fingerprint density at radius 2 is 2.35 bits per heavy atom. The fourth-order valence-electron chi connectivity index (χ4n) is 2.97. The van der Waals surface area contributed by atoms with E-state index in [1.165, 1.54) is 0 Å². The van der Waals surface area contributed by atoms with Crippen molar-refractivity contribution >= 4 is 11.8 Å². The van der Waals surface area contributed by atoms with Crippen molar-refractivity contribution in [3.8, 4) is 0 Å². The van der Waals surface area contributed by atoms with Crippen LogP contribution in [-0.2, 0) is 9.53 Å². The molecule has 23 heavy (non-hydrogen) atoms. The third kappa shape index (κ3) is 4.76. The first-order chi connectivity index (χ1) is 11.0. The van der Waals surface area contributed by atoms with Gasteiger partial charge < -0.3 is 9.26 Å². The van der Waals surface area contributed by atoms with Crippen molar-refractivity contribution in [1.29, 1.82) is 0 Å². The van der Waals surface area contributed by atoms with Gasteiger partial charge in [-0.15, -0.1) is 0 Å². The Labute approximate surface area is 137 Å². The summed E-state index contributed by atoms with van der Waals surface area (Å²) in [5.74, 6) is 0.353. The van der Waals surface area contributed by atoms with Crippen molar-refractivity contribution in [3.63, 3.8) is 0 Å². The third-order valence-corrected chi connectivity index (χ3v) is 4.49. The van der Waals surface area contributed by atoms with Crippen LogP contribution in [0, 0.1) is 6.92 Å². The number of rotatable bonds is 7. The molecule has 1 aromatic rings. The molecule has 1 aliphatic heterocycles. The number of methoxy groups -OCH3 is 1. The van der Waals surface area contributed by atoms with Gasteiger partial charge in [-0.05, 0) is 20.3 Å². The number of hydrogen-bond donors (Lipinski definition) is 1. The number of hydrogen-bond acceptors (Lipinski definition) is 6. The van der Waals surface area contributed by atoms with Gasteiger partial charge in [0.25, 0.3) is 0 Å². The zero-order valence-corrected chi connectivity index (χ0v) is 14.5. The lowest BCUT2D eigenvalue weighted by Gasteiger charge is -2.43. The number of piperazine rings is 1. The quantitative estimate of drug-likeness (QED) is 0.816. The van der Waals surface area contributed by atoms with E-state index in [-0.39, 0.29) is 11.9 Å². The first-order valence-corrected chi connectivity index (χ1v) is 8.26. The molecule has 0 radical (unpaired) electrons. The van der Waals surface area contributed by atoms with Crippen molar-refractivity contribution in [2.75, 3.05) is 45.2 Å². The second kappa shape index (κ2) is 8.42. The minimum absolute atomic E-state index is 0.0543. The Balaban J connectivity index is 1.89. The highest BCUT2D eigenvalue weighted by molar-refractivity contribution is 5.93. The van der Waals surface area contributed by atoms with Crippen LogP contribution in [0.5, 0.6) is 0 Å². The standard InChI is InChI=1S/C16H28N4O3/c1-5-14-11-20(7-6-19(14)8-9-22-4)13(3)16(21)17-15-10-12(2)18-23-15/h10,13-14H,5-9,11H2,1-4H3,(H,17,21). The van der Waals surface area contributed by atoms with Crippen molar-refractivity contribution in [3.05, 3.63) is 11.8 Å². The van der Waals surface area contributed by atoms with E-state index in [9.17, 15) is 4.79 Å². The van der Waals surface area contributed by atoms with Gasteiger partial charge >= 0.3 is 0 Å². The zero-order chi connectivity index (χ0) is 16.8. The lowest BCUT2D eigenvalue weighted by atomic mass is 10.1. The lowest BCUT2D eigenvalue weighted by molar-refractivity contribution is -0.122. The Morgan fingerprint density at radius 1 is 1.57 bits per heavy atom. The number of nitrogens with zero attached hydrogens (tertiary/aromatic N) is 3. The monoisotopic (exact) mass is 324 g/mol. The highest BCUT2D eigenvalue weighted by Crippen LogP contribution is 2.16. The summed E-state index contributed by atoms with van der Waals surface area (Å²) in [7, 11) is 1.73. The summed E-state index contributed by atoms with van der Waals surface area (Å²) in [6.07, 6.45) is 1.07. The van der Waals surface area contributed by atoms with Crippen LogP contribution in [0.3, 0.4) is 0 Å². The summed E-state index contributed by atoms with van der Waals surface area (Å²) in [5.41, 5.74) is 0.755. The number of ether oxygens (including phenoxy) is 1. The summed E-state index contributed by atoms with van der Waals surface area (Å²) >= 11 is 0. The molecule has 1 N–H and O–H groups in total. The summed E-state index contributed by atoms with van der Waals surface area (Å²) < 4.78 is 10.2. The molecule has 130 valence electrons. The van der Waals surface area contributed by atoms with Gasteiger partial charge in [0.15, 0.2) is 0 Å². The Hall–Kier alpha value is -1.44. The van der Waals surface area contributed by atoms with Gasteiger partial charge in [-0.3, -0.25) is 19.9 Å². The van der Waals surface area contributed by atoms with Gasteiger partial charge in [0.05, 0.1) is 18.3 Å². The van der Waals surface area contributed by atoms with Crippen molar-refractivity contribution in [2.24, 2.45) is 0 Å². The molecule has 0 aliphatic carbocycles. The molecule has 1 amide bonds. The van der Waals surface area contributed by atoms with E-state index in [2.05, 4.69) is 27.2 Å². The zero-order valence-electron chi connectivity index (χ0n) is 14.5. The summed E-state index contributed by atoms with van der Waals surface area (Å²) in [4.78, 5) is 17.1. The number of nitrogens with one attached hydrogen (secondary N) is 1. The van der Waals surface area contributed by atoms with Crippen molar-refractivity contribution in [1.82, 2.24) is 15.0 Å². The molecule has 2 rings (SSSR count). The van der Waals surface area contributed by atoms with E-state index in [0.29, 0.717) is 11.9 Å². The maximum atomic E-state index is 12.4. The maximum absolute atomic E-state index is 12.4. The molecule has 1 aliphatic rings. The summed E-state index contributed by atoms with van der Waals surface area (Å²) in [6, 6.07) is 1.99. The van der Waals surface area contributed by atoms with Crippen LogP contribution in [0.4, 0.5) is 5.88 Å². The highest BCUT2D eigenvalue weighted by Gasteiger charge is 2.31. The van der Waals surface area contributed by atoms with Crippen LogP contribution < -0.4 is 5.32 Å². The number of aryl methyl sites for hydroxylation is 1. The van der Waals surface area contributed by atoms with E-state index in [4.69, 9.17) is 9.26 Å². The van der Waals surface area contributed by atoms with Crippen LogP contribution in [0.25, 0.3) is 0 Å². The minimum Gasteiger partial charge on any atom is -0.383 e. The van der Waals surface area contributed by atoms with Crippen molar-refractivity contribution in [2.45, 2.75) is 39.3 Å². The van der Waals surface area contributed by atoms with Crippen LogP contribution >= 0.6 is 0 Å². The van der Waals surface area contributed by atoms with Crippen LogP contribution in [0.2, 0.25) is 0 Å². The van der Waals surface area contributed by atoms with Crippen molar-refractivity contribution < 1.29 is 14.1 Å². The van der Waals surface area contributed by atoms with Gasteiger partial charge in [-0.25, -0.2) is 0 Å². The molecule has 0 bridgehead atoms. The van der Waals surface area contributed by atoms with Crippen LogP contribution in [-0.4, -0.2) is 72.8 Å². The fraction of sp³-hybridized carbons (Fsp3) is 0.750. The van der Waals surface area contributed by atoms with E-state index in [0.717, 1.165) is 44.9 Å². The van der Waals surface area contributed by atoms with Crippen LogP contribution in [0.15, 0.2) is 10.6 Å². The van der Waals surface area contributed by atoms with E-state index >= 15 is 0 Å². The molecule has 2 atom stereocenters. The minimum atomic E-state index is -0.195. The van der Waals surface area contributed by atoms with Gasteiger partial charge in [0, 0.05) is 45.4 Å². The summed E-state index contributed by atoms with van der Waals surface area (Å²) in [6.45, 7) is 10.4. The molecule has 1 saturated heterocycles.